The summed E-state index contributed by atoms with van der Waals surface area (Å²) in [5, 5.41) is 23.1. The van der Waals surface area contributed by atoms with Crippen molar-refractivity contribution in [2.24, 2.45) is 5.92 Å². The van der Waals surface area contributed by atoms with Gasteiger partial charge in [0.1, 0.15) is 33.2 Å². The van der Waals surface area contributed by atoms with Gasteiger partial charge in [-0.15, -0.1) is 56.7 Å². The van der Waals surface area contributed by atoms with Gasteiger partial charge in [-0.25, -0.2) is 49.8 Å². The van der Waals surface area contributed by atoms with Gasteiger partial charge in [-0.05, 0) is 207 Å². The monoisotopic (exact) mass is 1990 g/mol. The van der Waals surface area contributed by atoms with Crippen LogP contribution in [0.15, 0.2) is 236 Å². The van der Waals surface area contributed by atoms with E-state index in [1.807, 2.05) is 104 Å². The summed E-state index contributed by atoms with van der Waals surface area (Å²) < 4.78 is 0. The quantitative estimate of drug-likeness (QED) is 0.0281. The number of aromatic amines is 5. The molecular formula is C107H109Cl4N21S5. The molecule has 0 atom stereocenters. The first-order valence-electron chi connectivity index (χ1n) is 46.5. The molecule has 1 aliphatic rings. The summed E-state index contributed by atoms with van der Waals surface area (Å²) in [4.78, 5) is 77.9. The number of fused-ring (bicyclic) bond motifs is 5. The molecule has 0 saturated carbocycles. The second-order valence-electron chi connectivity index (χ2n) is 33.5. The van der Waals surface area contributed by atoms with E-state index in [0.29, 0.717) is 20.1 Å². The zero-order valence-electron chi connectivity index (χ0n) is 78.5. The molecule has 137 heavy (non-hydrogen) atoms. The Morgan fingerprint density at radius 3 is 1.13 bits per heavy atom. The summed E-state index contributed by atoms with van der Waals surface area (Å²) in [7, 11) is 2.17. The van der Waals surface area contributed by atoms with Crippen molar-refractivity contribution in [1.82, 2.24) is 85.0 Å². The molecule has 16 heterocycles. The van der Waals surface area contributed by atoms with Crippen molar-refractivity contribution in [3.63, 3.8) is 0 Å². The van der Waals surface area contributed by atoms with Crippen LogP contribution in [0.1, 0.15) is 94.1 Å². The number of piperidine rings is 1. The highest BCUT2D eigenvalue weighted by molar-refractivity contribution is 7.16. The van der Waals surface area contributed by atoms with Crippen LogP contribution in [0.5, 0.6) is 0 Å². The Hall–Kier alpha value is -12.0. The van der Waals surface area contributed by atoms with Crippen LogP contribution in [-0.2, 0) is 13.0 Å². The predicted octanol–water partition coefficient (Wildman–Crippen LogP) is 28.7. The largest absolute Gasteiger partial charge is 0.351 e. The lowest BCUT2D eigenvalue weighted by Crippen LogP contribution is -2.34. The van der Waals surface area contributed by atoms with E-state index in [0.717, 1.165) is 261 Å². The molecule has 0 aliphatic carbocycles. The van der Waals surface area contributed by atoms with Crippen molar-refractivity contribution in [3.8, 4) is 101 Å². The molecule has 5 aromatic carbocycles. The molecule has 700 valence electrons. The molecule has 15 aromatic heterocycles. The number of anilines is 4. The average Bonchev–Trinajstić information content (AvgIpc) is 1.66. The molecular weight excluding hydrogens is 1880 g/mol. The zero-order valence-corrected chi connectivity index (χ0v) is 85.6. The van der Waals surface area contributed by atoms with E-state index in [4.69, 9.17) is 71.3 Å². The molecule has 0 amide bonds. The highest BCUT2D eigenvalue weighted by Gasteiger charge is 2.25. The minimum atomic E-state index is 0.607. The van der Waals surface area contributed by atoms with Gasteiger partial charge < -0.3 is 49.8 Å². The first-order valence-corrected chi connectivity index (χ1v) is 52.3. The van der Waals surface area contributed by atoms with E-state index in [2.05, 4.69) is 275 Å². The number of nitrogens with zero attached hydrogens (tertiary/aromatic N) is 15. The van der Waals surface area contributed by atoms with Crippen LogP contribution in [0.2, 0.25) is 20.1 Å². The number of benzene rings is 5. The van der Waals surface area contributed by atoms with Gasteiger partial charge in [-0.1, -0.05) is 151 Å². The summed E-state index contributed by atoms with van der Waals surface area (Å²) in [6.07, 6.45) is 22.9. The Bertz CT molecular complexity index is 7370. The molecule has 0 bridgehead atoms. The first-order chi connectivity index (χ1) is 66.8. The Labute approximate surface area is 839 Å². The lowest BCUT2D eigenvalue weighted by atomic mass is 9.98. The van der Waals surface area contributed by atoms with Gasteiger partial charge in [0.2, 0.25) is 0 Å². The van der Waals surface area contributed by atoms with Crippen LogP contribution in [-0.4, -0.2) is 159 Å². The summed E-state index contributed by atoms with van der Waals surface area (Å²) >= 11 is 33.3. The molecule has 1 aliphatic heterocycles. The molecule has 30 heteroatoms. The van der Waals surface area contributed by atoms with Crippen molar-refractivity contribution in [2.75, 3.05) is 98.6 Å². The molecule has 21 nitrogen and oxygen atoms in total. The highest BCUT2D eigenvalue weighted by Crippen LogP contribution is 2.43. The standard InChI is InChI=1S/C24H27N5S.C21H20Cl2N4S.2C21H22N4S.C20H18Cl2N4S/c1-16-22(28-24(30-16)29(2)15-17-8-10-25-11-9-17)21-14-27-23-20(21)12-19(13-26-23)18-6-4-3-5-7-18;1-4-27(5-2)21-26-19(12(3)28-21)18-11-25-20-17(18)8-14(10-24-20)13-6-15(22)9-16(23)7-13;1-3-25(4-2)13-20-24-19(14-26-20)18-12-23-21-17(18)10-16(11-22-21)15-8-6-5-7-9-15;1-3-25(4-2)21-24-19(14-26-21)18-13-23-20-17(18)11-16(12-22-20)10-15-8-6-5-7-9-15;1-3-26(4-2)20-25-18(11-27-20)17-10-24-19-16(17)7-13(9-23-19)12-5-14(21)8-15(22)6-12/h3-7,12-14,17,25H,8-11,15H2,1-2H3,(H,26,27);6-11H,4-5H2,1-3H3,(H,24,25);5-12,14H,3-4,13H2,1-2H3,(H,22,23);5-9,11-14H,3-4,10H2,1-2H3,(H,22,23);5-11H,3-4H2,1-2H3,(H,23,24). The minimum absolute atomic E-state index is 0.607. The van der Waals surface area contributed by atoms with E-state index in [1.165, 1.54) is 44.8 Å². The van der Waals surface area contributed by atoms with Crippen molar-refractivity contribution in [1.29, 1.82) is 0 Å². The smallest absolute Gasteiger partial charge is 0.186 e. The molecule has 21 rings (SSSR count). The SMILES string of the molecule is CCN(CC)Cc1nc(-c2c[nH]c3ncc(-c4ccccc4)cc23)cs1.CCN(CC)c1nc(-c2c[nH]c3ncc(-c4cc(Cl)cc(Cl)c4)cc23)c(C)s1.CCN(CC)c1nc(-c2c[nH]c3ncc(-c4cc(Cl)cc(Cl)c4)cc23)cs1.CCN(CC)c1nc(-c2c[nH]c3ncc(Cc4ccccc4)cc23)cs1.Cc1sc(N(C)CC2CCNCC2)nc1-c1c[nH]c2ncc(-c3ccccc3)cc12. The number of H-pyrrole nitrogens is 5. The number of rotatable bonds is 27. The molecule has 0 radical (unpaired) electrons. The van der Waals surface area contributed by atoms with Crippen molar-refractivity contribution >= 4 is 179 Å². The van der Waals surface area contributed by atoms with E-state index in [9.17, 15) is 0 Å². The maximum atomic E-state index is 6.18. The summed E-state index contributed by atoms with van der Waals surface area (Å²) in [6, 6.07) is 53.2. The van der Waals surface area contributed by atoms with E-state index in [1.54, 1.807) is 68.8 Å². The average molecular weight is 1990 g/mol. The fourth-order valence-electron chi connectivity index (χ4n) is 17.1. The number of halogens is 4. The van der Waals surface area contributed by atoms with Gasteiger partial charge in [-0.3, -0.25) is 4.90 Å². The van der Waals surface area contributed by atoms with E-state index < -0.39 is 0 Å². The van der Waals surface area contributed by atoms with Crippen LogP contribution < -0.4 is 24.9 Å². The first kappa shape index (κ1) is 96.7. The Morgan fingerprint density at radius 2 is 0.708 bits per heavy atom. The summed E-state index contributed by atoms with van der Waals surface area (Å²) in [6.45, 7) is 33.6. The molecule has 6 N–H and O–H groups in total. The maximum Gasteiger partial charge on any atom is 0.186 e. The minimum Gasteiger partial charge on any atom is -0.351 e. The zero-order chi connectivity index (χ0) is 95.2. The maximum absolute atomic E-state index is 6.18. The number of aryl methyl sites for hydroxylation is 2. The lowest BCUT2D eigenvalue weighted by molar-refractivity contribution is 0.295. The van der Waals surface area contributed by atoms with Crippen molar-refractivity contribution in [3.05, 3.63) is 282 Å². The third-order valence-electron chi connectivity index (χ3n) is 24.7. The molecule has 0 unspecified atom stereocenters. The number of hydrogen-bond donors (Lipinski definition) is 6. The Balaban J connectivity index is 0.000000119. The molecule has 0 spiro atoms. The third kappa shape index (κ3) is 22.7. The van der Waals surface area contributed by atoms with Gasteiger partial charge >= 0.3 is 0 Å². The molecule has 1 fully saturated rings. The second-order valence-corrected chi connectivity index (χ2v) is 40.2. The van der Waals surface area contributed by atoms with Crippen LogP contribution in [0, 0.1) is 19.8 Å². The van der Waals surface area contributed by atoms with Crippen LogP contribution >= 0.6 is 103 Å². The van der Waals surface area contributed by atoms with Gasteiger partial charge in [0.25, 0.3) is 0 Å². The number of aromatic nitrogens is 15. The van der Waals surface area contributed by atoms with Crippen LogP contribution in [0.25, 0.3) is 156 Å². The second kappa shape index (κ2) is 45.1. The topological polar surface area (TPSA) is 236 Å². The fourth-order valence-corrected chi connectivity index (χ4v) is 22.9. The number of nitrogens with one attached hydrogen (secondary N) is 6. The molecule has 1 saturated heterocycles. The van der Waals surface area contributed by atoms with Crippen molar-refractivity contribution < 1.29 is 0 Å². The van der Waals surface area contributed by atoms with Gasteiger partial charge in [0, 0.05) is 238 Å². The number of thiazole rings is 5. The fraction of sp³-hybridized carbons (Fsp3) is 0.252. The third-order valence-corrected chi connectivity index (χ3v) is 30.3. The molecule has 20 aromatic rings. The number of pyridine rings is 5. The van der Waals surface area contributed by atoms with E-state index >= 15 is 0 Å². The summed E-state index contributed by atoms with van der Waals surface area (Å²) in [5.41, 5.74) is 25.8. The van der Waals surface area contributed by atoms with Crippen LogP contribution in [0.3, 0.4) is 0 Å². The Morgan fingerprint density at radius 1 is 0.350 bits per heavy atom. The van der Waals surface area contributed by atoms with E-state index in [-0.39, 0.29) is 0 Å². The van der Waals surface area contributed by atoms with Crippen molar-refractivity contribution in [2.45, 2.75) is 95.0 Å². The summed E-state index contributed by atoms with van der Waals surface area (Å²) in [5.74, 6) is 0.745. The predicted molar refractivity (Wildman–Crippen MR) is 583 cm³/mol. The van der Waals surface area contributed by atoms with Crippen LogP contribution in [0.4, 0.5) is 20.5 Å². The lowest BCUT2D eigenvalue weighted by Gasteiger charge is -2.27. The normalized spacial score (nSPS) is 12.1. The van der Waals surface area contributed by atoms with Gasteiger partial charge in [0.15, 0.2) is 20.5 Å². The van der Waals surface area contributed by atoms with Gasteiger partial charge in [-0.2, -0.15) is 0 Å². The Kier molecular flexibility index (Phi) is 31.8. The highest BCUT2D eigenvalue weighted by atomic mass is 35.5. The van der Waals surface area contributed by atoms with Gasteiger partial charge in [0.05, 0.1) is 35.0 Å². The number of hydrogen-bond acceptors (Lipinski definition) is 21.